The molecule has 0 bridgehead atoms. The molecule has 0 aliphatic rings. The third kappa shape index (κ3) is 3.11. The Morgan fingerprint density at radius 2 is 2.23 bits per heavy atom. The molecule has 0 spiro atoms. The molecule has 70 valence electrons. The molecule has 13 heavy (non-hydrogen) atoms. The molecule has 0 aliphatic carbocycles. The Kier molecular flexibility index (Phi) is 3.37. The van der Waals surface area contributed by atoms with Crippen molar-refractivity contribution in [2.24, 2.45) is 0 Å². The van der Waals surface area contributed by atoms with Crippen molar-refractivity contribution in [3.05, 3.63) is 23.8 Å². The van der Waals surface area contributed by atoms with Gasteiger partial charge < -0.3 is 5.11 Å². The Labute approximate surface area is 82.0 Å². The normalized spacial score (nSPS) is 10.0. The lowest BCUT2D eigenvalue weighted by molar-refractivity contribution is -0.114. The van der Waals surface area contributed by atoms with Crippen LogP contribution in [0.3, 0.4) is 0 Å². The Balaban J connectivity index is 2.68. The van der Waals surface area contributed by atoms with Crippen molar-refractivity contribution in [2.45, 2.75) is 18.7 Å². The molecule has 0 radical (unpaired) electrons. The van der Waals surface area contributed by atoms with Gasteiger partial charge in [-0.15, -0.1) is 11.8 Å². The Morgan fingerprint density at radius 1 is 1.54 bits per heavy atom. The Hall–Kier alpha value is -0.960. The molecule has 1 N–H and O–H groups in total. The van der Waals surface area contributed by atoms with E-state index in [0.717, 1.165) is 10.5 Å². The summed E-state index contributed by atoms with van der Waals surface area (Å²) in [5.74, 6) is 0.951. The first-order valence-electron chi connectivity index (χ1n) is 4.01. The number of phenolic OH excluding ortho intramolecular Hbond substituents is 1. The van der Waals surface area contributed by atoms with Gasteiger partial charge in [0.25, 0.3) is 0 Å². The highest BCUT2D eigenvalue weighted by Crippen LogP contribution is 2.24. The molecule has 1 aromatic rings. The summed E-state index contributed by atoms with van der Waals surface area (Å²) in [5, 5.41) is 9.24. The second-order valence-electron chi connectivity index (χ2n) is 2.94. The monoisotopic (exact) mass is 196 g/mol. The topological polar surface area (TPSA) is 37.3 Å². The first-order chi connectivity index (χ1) is 6.09. The number of aryl methyl sites for hydroxylation is 1. The van der Waals surface area contributed by atoms with Crippen LogP contribution >= 0.6 is 11.8 Å². The maximum Gasteiger partial charge on any atom is 0.140 e. The van der Waals surface area contributed by atoms with Gasteiger partial charge in [-0.1, -0.05) is 0 Å². The molecule has 0 aliphatic heterocycles. The minimum absolute atomic E-state index is 0.163. The van der Waals surface area contributed by atoms with Crippen LogP contribution in [0.4, 0.5) is 0 Å². The number of hydrogen-bond acceptors (Lipinski definition) is 3. The second-order valence-corrected chi connectivity index (χ2v) is 3.99. The first-order valence-corrected chi connectivity index (χ1v) is 5.00. The molecule has 0 amide bonds. The third-order valence-corrected chi connectivity index (χ3v) is 2.75. The SMILES string of the molecule is CC(=O)CSc1ccc(O)c(C)c1. The summed E-state index contributed by atoms with van der Waals surface area (Å²) in [6, 6.07) is 5.34. The smallest absolute Gasteiger partial charge is 0.140 e. The van der Waals surface area contributed by atoms with Crippen LogP contribution in [0.15, 0.2) is 23.1 Å². The van der Waals surface area contributed by atoms with E-state index >= 15 is 0 Å². The fourth-order valence-electron chi connectivity index (χ4n) is 0.903. The molecule has 1 aromatic carbocycles. The van der Waals surface area contributed by atoms with Gasteiger partial charge in [0.2, 0.25) is 0 Å². The van der Waals surface area contributed by atoms with E-state index in [-0.39, 0.29) is 5.78 Å². The summed E-state index contributed by atoms with van der Waals surface area (Å²) in [7, 11) is 0. The molecule has 0 fully saturated rings. The summed E-state index contributed by atoms with van der Waals surface area (Å²) in [5.41, 5.74) is 0.841. The van der Waals surface area contributed by atoms with Crippen LogP contribution in [0.1, 0.15) is 12.5 Å². The van der Waals surface area contributed by atoms with Gasteiger partial charge in [-0.05, 0) is 37.6 Å². The van der Waals surface area contributed by atoms with E-state index in [1.165, 1.54) is 11.8 Å². The number of hydrogen-bond donors (Lipinski definition) is 1. The maximum absolute atomic E-state index is 10.7. The molecule has 0 saturated heterocycles. The van der Waals surface area contributed by atoms with E-state index in [4.69, 9.17) is 0 Å². The Bertz CT molecular complexity index is 321. The van der Waals surface area contributed by atoms with Crippen LogP contribution < -0.4 is 0 Å². The lowest BCUT2D eigenvalue weighted by Crippen LogP contribution is -1.92. The summed E-state index contributed by atoms with van der Waals surface area (Å²) in [4.78, 5) is 11.7. The quantitative estimate of drug-likeness (QED) is 0.754. The van der Waals surface area contributed by atoms with Gasteiger partial charge in [-0.2, -0.15) is 0 Å². The highest BCUT2D eigenvalue weighted by atomic mass is 32.2. The first kappa shape index (κ1) is 10.1. The van der Waals surface area contributed by atoms with Crippen molar-refractivity contribution in [3.63, 3.8) is 0 Å². The van der Waals surface area contributed by atoms with Gasteiger partial charge in [-0.25, -0.2) is 0 Å². The van der Waals surface area contributed by atoms with Crippen molar-refractivity contribution in [1.82, 2.24) is 0 Å². The summed E-state index contributed by atoms with van der Waals surface area (Å²) in [6.07, 6.45) is 0. The zero-order valence-electron chi connectivity index (χ0n) is 7.70. The number of thioether (sulfide) groups is 1. The van der Waals surface area contributed by atoms with E-state index in [1.807, 2.05) is 19.1 Å². The Morgan fingerprint density at radius 3 is 2.77 bits per heavy atom. The zero-order valence-corrected chi connectivity index (χ0v) is 8.52. The number of phenols is 1. The average molecular weight is 196 g/mol. The van der Waals surface area contributed by atoms with Crippen LogP contribution in [-0.2, 0) is 4.79 Å². The van der Waals surface area contributed by atoms with Crippen molar-refractivity contribution in [2.75, 3.05) is 5.75 Å². The largest absolute Gasteiger partial charge is 0.508 e. The lowest BCUT2D eigenvalue weighted by atomic mass is 10.2. The van der Waals surface area contributed by atoms with Crippen LogP contribution in [0.2, 0.25) is 0 Å². The van der Waals surface area contributed by atoms with Crippen molar-refractivity contribution < 1.29 is 9.90 Å². The minimum Gasteiger partial charge on any atom is -0.508 e. The van der Waals surface area contributed by atoms with Gasteiger partial charge in [-0.3, -0.25) is 4.79 Å². The fraction of sp³-hybridized carbons (Fsp3) is 0.300. The highest BCUT2D eigenvalue weighted by molar-refractivity contribution is 8.00. The van der Waals surface area contributed by atoms with Crippen molar-refractivity contribution in [3.8, 4) is 5.75 Å². The summed E-state index contributed by atoms with van der Waals surface area (Å²) < 4.78 is 0. The fourth-order valence-corrected chi connectivity index (χ4v) is 1.70. The van der Waals surface area contributed by atoms with Crippen LogP contribution in [0.5, 0.6) is 5.75 Å². The molecule has 0 heterocycles. The number of carbonyl (C=O) groups excluding carboxylic acids is 1. The summed E-state index contributed by atoms with van der Waals surface area (Å²) in [6.45, 7) is 3.41. The van der Waals surface area contributed by atoms with E-state index in [1.54, 1.807) is 13.0 Å². The molecule has 0 aromatic heterocycles. The molecule has 2 nitrogen and oxygen atoms in total. The van der Waals surface area contributed by atoms with Crippen LogP contribution in [-0.4, -0.2) is 16.6 Å². The van der Waals surface area contributed by atoms with E-state index in [2.05, 4.69) is 0 Å². The van der Waals surface area contributed by atoms with E-state index in [9.17, 15) is 9.90 Å². The molecule has 3 heteroatoms. The lowest BCUT2D eigenvalue weighted by Gasteiger charge is -2.02. The van der Waals surface area contributed by atoms with Gasteiger partial charge in [0.15, 0.2) is 0 Å². The van der Waals surface area contributed by atoms with Crippen LogP contribution in [0, 0.1) is 6.92 Å². The standard InChI is InChI=1S/C10H12O2S/c1-7-5-9(3-4-10(7)12)13-6-8(2)11/h3-5,12H,6H2,1-2H3. The van der Waals surface area contributed by atoms with Gasteiger partial charge in [0, 0.05) is 4.90 Å². The maximum atomic E-state index is 10.7. The van der Waals surface area contributed by atoms with Crippen molar-refractivity contribution >= 4 is 17.5 Å². The van der Waals surface area contributed by atoms with Gasteiger partial charge in [0.05, 0.1) is 5.75 Å². The number of aromatic hydroxyl groups is 1. The number of benzene rings is 1. The predicted octanol–water partition coefficient (Wildman–Crippen LogP) is 2.38. The molecular weight excluding hydrogens is 184 g/mol. The number of rotatable bonds is 3. The number of Topliss-reactive ketones (excluding diaryl/α,β-unsaturated/α-hetero) is 1. The second kappa shape index (κ2) is 4.33. The molecule has 0 saturated carbocycles. The van der Waals surface area contributed by atoms with E-state index in [0.29, 0.717) is 11.5 Å². The highest BCUT2D eigenvalue weighted by Gasteiger charge is 2.00. The van der Waals surface area contributed by atoms with E-state index < -0.39 is 0 Å². The molecule has 0 unspecified atom stereocenters. The number of carbonyl (C=O) groups is 1. The van der Waals surface area contributed by atoms with Gasteiger partial charge >= 0.3 is 0 Å². The minimum atomic E-state index is 0.163. The van der Waals surface area contributed by atoms with Gasteiger partial charge in [0.1, 0.15) is 11.5 Å². The molecular formula is C10H12O2S. The third-order valence-electron chi connectivity index (χ3n) is 1.61. The molecule has 1 rings (SSSR count). The zero-order chi connectivity index (χ0) is 9.84. The summed E-state index contributed by atoms with van der Waals surface area (Å²) >= 11 is 1.49. The molecule has 0 atom stereocenters. The average Bonchev–Trinajstić information content (AvgIpc) is 2.07. The predicted molar refractivity (Wildman–Crippen MR) is 54.2 cm³/mol. The van der Waals surface area contributed by atoms with Crippen molar-refractivity contribution in [1.29, 1.82) is 0 Å². The number of ketones is 1. The van der Waals surface area contributed by atoms with Crippen LogP contribution in [0.25, 0.3) is 0 Å².